The first-order chi connectivity index (χ1) is 8.04. The van der Waals surface area contributed by atoms with Crippen LogP contribution in [0, 0.1) is 5.92 Å². The van der Waals surface area contributed by atoms with Gasteiger partial charge in [-0.3, -0.25) is 4.79 Å². The van der Waals surface area contributed by atoms with Crippen LogP contribution in [-0.2, 0) is 16.0 Å². The van der Waals surface area contributed by atoms with Crippen molar-refractivity contribution in [2.24, 2.45) is 5.92 Å². The lowest BCUT2D eigenvalue weighted by Crippen LogP contribution is -2.10. The monoisotopic (exact) mass is 232 g/mol. The van der Waals surface area contributed by atoms with Gasteiger partial charge >= 0.3 is 5.97 Å². The van der Waals surface area contributed by atoms with Crippen LogP contribution in [0.4, 0.5) is 0 Å². The molecule has 0 aliphatic carbocycles. The Bertz CT molecular complexity index is 376. The number of esters is 1. The van der Waals surface area contributed by atoms with Gasteiger partial charge in [-0.1, -0.05) is 44.7 Å². The third-order valence-corrected chi connectivity index (χ3v) is 2.68. The summed E-state index contributed by atoms with van der Waals surface area (Å²) in [6.07, 6.45) is 2.23. The van der Waals surface area contributed by atoms with Crippen molar-refractivity contribution in [3.63, 3.8) is 0 Å². The van der Waals surface area contributed by atoms with E-state index in [0.717, 1.165) is 12.0 Å². The summed E-state index contributed by atoms with van der Waals surface area (Å²) in [5.41, 5.74) is 2.28. The first-order valence-electron chi connectivity index (χ1n) is 5.94. The molecule has 2 heteroatoms. The van der Waals surface area contributed by atoms with E-state index in [9.17, 15) is 4.79 Å². The van der Waals surface area contributed by atoms with Gasteiger partial charge < -0.3 is 4.74 Å². The fraction of sp³-hybridized carbons (Fsp3) is 0.400. The molecule has 0 saturated carbocycles. The van der Waals surface area contributed by atoms with Gasteiger partial charge in [-0.15, -0.1) is 0 Å². The Hall–Kier alpha value is -1.57. The Kier molecular flexibility index (Phi) is 4.95. The minimum Gasteiger partial charge on any atom is -0.435 e. The van der Waals surface area contributed by atoms with Crippen molar-refractivity contribution in [2.45, 2.75) is 33.1 Å². The molecular formula is C15H20O2. The standard InChI is InChI=1S/C15H20O2/c1-5-17-15(16)12(4)14-8-6-13(7-9-14)10-11(2)3/h5-9,11-12H,1,10H2,2-4H3/t12-/m1/s1. The lowest BCUT2D eigenvalue weighted by molar-refractivity contribution is -0.139. The zero-order chi connectivity index (χ0) is 12.8. The number of carbonyl (C=O) groups excluding carboxylic acids is 1. The summed E-state index contributed by atoms with van der Waals surface area (Å²) in [6, 6.07) is 8.14. The normalized spacial score (nSPS) is 12.2. The first-order valence-corrected chi connectivity index (χ1v) is 5.94. The van der Waals surface area contributed by atoms with Crippen LogP contribution in [0.1, 0.15) is 37.8 Å². The Morgan fingerprint density at radius 1 is 1.29 bits per heavy atom. The molecule has 0 bridgehead atoms. The van der Waals surface area contributed by atoms with Crippen LogP contribution in [0.5, 0.6) is 0 Å². The van der Waals surface area contributed by atoms with Crippen molar-refractivity contribution in [1.29, 1.82) is 0 Å². The zero-order valence-corrected chi connectivity index (χ0v) is 10.8. The zero-order valence-electron chi connectivity index (χ0n) is 10.8. The van der Waals surface area contributed by atoms with Crippen molar-refractivity contribution in [2.75, 3.05) is 0 Å². The Morgan fingerprint density at radius 2 is 1.88 bits per heavy atom. The second-order valence-electron chi connectivity index (χ2n) is 4.66. The van der Waals surface area contributed by atoms with E-state index in [0.29, 0.717) is 5.92 Å². The Morgan fingerprint density at radius 3 is 2.35 bits per heavy atom. The SMILES string of the molecule is C=COC(=O)[C@H](C)c1ccc(CC(C)C)cc1. The average Bonchev–Trinajstić information content (AvgIpc) is 2.28. The van der Waals surface area contributed by atoms with Crippen molar-refractivity contribution in [3.8, 4) is 0 Å². The van der Waals surface area contributed by atoms with Gasteiger partial charge in [0.1, 0.15) is 0 Å². The highest BCUT2D eigenvalue weighted by molar-refractivity contribution is 5.78. The lowest BCUT2D eigenvalue weighted by atomic mass is 9.97. The molecule has 1 atom stereocenters. The third kappa shape index (κ3) is 4.06. The van der Waals surface area contributed by atoms with E-state index in [1.807, 2.05) is 19.1 Å². The lowest BCUT2D eigenvalue weighted by Gasteiger charge is -2.11. The summed E-state index contributed by atoms with van der Waals surface area (Å²) in [5, 5.41) is 0. The molecule has 0 heterocycles. The molecule has 0 amide bonds. The number of hydrogen-bond acceptors (Lipinski definition) is 2. The molecule has 92 valence electrons. The predicted molar refractivity (Wildman–Crippen MR) is 69.7 cm³/mol. The molecule has 0 aromatic heterocycles. The summed E-state index contributed by atoms with van der Waals surface area (Å²) >= 11 is 0. The third-order valence-electron chi connectivity index (χ3n) is 2.68. The van der Waals surface area contributed by atoms with Gasteiger partial charge in [0.25, 0.3) is 0 Å². The Balaban J connectivity index is 2.73. The van der Waals surface area contributed by atoms with E-state index in [2.05, 4.69) is 32.6 Å². The molecule has 0 unspecified atom stereocenters. The molecule has 2 nitrogen and oxygen atoms in total. The summed E-state index contributed by atoms with van der Waals surface area (Å²) < 4.78 is 4.78. The molecule has 0 fully saturated rings. The maximum Gasteiger partial charge on any atom is 0.317 e. The van der Waals surface area contributed by atoms with Gasteiger partial charge in [0.15, 0.2) is 0 Å². The quantitative estimate of drug-likeness (QED) is 0.572. The van der Waals surface area contributed by atoms with E-state index < -0.39 is 0 Å². The van der Waals surface area contributed by atoms with Crippen molar-refractivity contribution in [1.82, 2.24) is 0 Å². The van der Waals surface area contributed by atoms with Crippen LogP contribution in [0.25, 0.3) is 0 Å². The molecule has 0 radical (unpaired) electrons. The molecular weight excluding hydrogens is 212 g/mol. The van der Waals surface area contributed by atoms with Crippen LogP contribution in [0.2, 0.25) is 0 Å². The van der Waals surface area contributed by atoms with Gasteiger partial charge in [-0.25, -0.2) is 0 Å². The topological polar surface area (TPSA) is 26.3 Å². The van der Waals surface area contributed by atoms with E-state index in [4.69, 9.17) is 4.74 Å². The minimum absolute atomic E-state index is 0.249. The summed E-state index contributed by atoms with van der Waals surface area (Å²) in [7, 11) is 0. The first kappa shape index (κ1) is 13.5. The van der Waals surface area contributed by atoms with Gasteiger partial charge in [0, 0.05) is 0 Å². The Labute approximate surface area is 103 Å². The highest BCUT2D eigenvalue weighted by Gasteiger charge is 2.15. The summed E-state index contributed by atoms with van der Waals surface area (Å²) in [6.45, 7) is 9.60. The van der Waals surface area contributed by atoms with Crippen LogP contribution >= 0.6 is 0 Å². The number of carbonyl (C=O) groups is 1. The highest BCUT2D eigenvalue weighted by Crippen LogP contribution is 2.18. The maximum atomic E-state index is 11.5. The molecule has 0 aliphatic rings. The van der Waals surface area contributed by atoms with Crippen LogP contribution in [-0.4, -0.2) is 5.97 Å². The van der Waals surface area contributed by atoms with Gasteiger partial charge in [0.05, 0.1) is 12.2 Å². The molecule has 1 aromatic carbocycles. The van der Waals surface area contributed by atoms with Crippen LogP contribution in [0.3, 0.4) is 0 Å². The van der Waals surface area contributed by atoms with E-state index in [1.165, 1.54) is 11.8 Å². The van der Waals surface area contributed by atoms with Crippen molar-refractivity contribution in [3.05, 3.63) is 48.2 Å². The predicted octanol–water partition coefficient (Wildman–Crippen LogP) is 3.68. The molecule has 0 spiro atoms. The number of benzene rings is 1. The van der Waals surface area contributed by atoms with Gasteiger partial charge in [-0.2, -0.15) is 0 Å². The van der Waals surface area contributed by atoms with E-state index in [1.54, 1.807) is 0 Å². The van der Waals surface area contributed by atoms with Crippen molar-refractivity contribution >= 4 is 5.97 Å². The molecule has 0 aliphatic heterocycles. The number of ether oxygens (including phenoxy) is 1. The fourth-order valence-electron chi connectivity index (χ4n) is 1.73. The fourth-order valence-corrected chi connectivity index (χ4v) is 1.73. The van der Waals surface area contributed by atoms with Crippen LogP contribution in [0.15, 0.2) is 37.1 Å². The van der Waals surface area contributed by atoms with E-state index >= 15 is 0 Å². The summed E-state index contributed by atoms with van der Waals surface area (Å²) in [4.78, 5) is 11.5. The van der Waals surface area contributed by atoms with Crippen molar-refractivity contribution < 1.29 is 9.53 Å². The molecule has 0 saturated heterocycles. The largest absolute Gasteiger partial charge is 0.435 e. The molecule has 0 N–H and O–H groups in total. The van der Waals surface area contributed by atoms with E-state index in [-0.39, 0.29) is 11.9 Å². The molecule has 17 heavy (non-hydrogen) atoms. The smallest absolute Gasteiger partial charge is 0.317 e. The maximum absolute atomic E-state index is 11.5. The second kappa shape index (κ2) is 6.24. The molecule has 1 aromatic rings. The number of rotatable bonds is 5. The van der Waals surface area contributed by atoms with Gasteiger partial charge in [-0.05, 0) is 30.4 Å². The molecule has 1 rings (SSSR count). The highest BCUT2D eigenvalue weighted by atomic mass is 16.5. The minimum atomic E-state index is -0.267. The summed E-state index contributed by atoms with van der Waals surface area (Å²) in [5.74, 6) is 0.127. The van der Waals surface area contributed by atoms with Gasteiger partial charge in [0.2, 0.25) is 0 Å². The average molecular weight is 232 g/mol. The van der Waals surface area contributed by atoms with Crippen LogP contribution < -0.4 is 0 Å². The number of hydrogen-bond donors (Lipinski definition) is 0. The second-order valence-corrected chi connectivity index (χ2v) is 4.66.